The fourth-order valence-electron chi connectivity index (χ4n) is 2.54. The molecule has 3 aromatic carbocycles. The second kappa shape index (κ2) is 8.66. The molecule has 3 rings (SSSR count). The van der Waals surface area contributed by atoms with Crippen molar-refractivity contribution in [2.45, 2.75) is 11.8 Å². The highest BCUT2D eigenvalue weighted by Gasteiger charge is 2.17. The van der Waals surface area contributed by atoms with E-state index in [0.717, 1.165) is 0 Å². The van der Waals surface area contributed by atoms with E-state index < -0.39 is 15.9 Å². The van der Waals surface area contributed by atoms with Crippen LogP contribution in [0.2, 0.25) is 0 Å². The minimum absolute atomic E-state index is 0.00151. The smallest absolute Gasteiger partial charge is 0.262 e. The van der Waals surface area contributed by atoms with Crippen molar-refractivity contribution in [2.75, 3.05) is 11.3 Å². The summed E-state index contributed by atoms with van der Waals surface area (Å²) in [6.07, 6.45) is 0. The van der Waals surface area contributed by atoms with Gasteiger partial charge in [-0.25, -0.2) is 8.42 Å². The van der Waals surface area contributed by atoms with Crippen LogP contribution in [-0.4, -0.2) is 20.9 Å². The van der Waals surface area contributed by atoms with Gasteiger partial charge in [0.2, 0.25) is 5.91 Å². The molecule has 0 unspecified atom stereocenters. The van der Waals surface area contributed by atoms with Crippen molar-refractivity contribution in [1.82, 2.24) is 0 Å². The SMILES string of the molecule is CCOc1ccc(Oc2ccccc2NS(=O)(=O)c2ccc(C(N)=O)cc2)cc1. The van der Waals surface area contributed by atoms with Crippen molar-refractivity contribution in [3.63, 3.8) is 0 Å². The maximum Gasteiger partial charge on any atom is 0.262 e. The van der Waals surface area contributed by atoms with Gasteiger partial charge in [0.15, 0.2) is 5.75 Å². The molecule has 0 aliphatic rings. The van der Waals surface area contributed by atoms with Gasteiger partial charge >= 0.3 is 0 Å². The zero-order valence-electron chi connectivity index (χ0n) is 15.7. The molecule has 0 bridgehead atoms. The molecular weight excluding hydrogens is 392 g/mol. The Balaban J connectivity index is 1.81. The standard InChI is InChI=1S/C21H20N2O5S/c1-2-27-16-9-11-17(12-10-16)28-20-6-4-3-5-19(20)23-29(25,26)18-13-7-15(8-14-18)21(22)24/h3-14,23H,2H2,1H3,(H2,22,24). The summed E-state index contributed by atoms with van der Waals surface area (Å²) in [5.74, 6) is 0.962. The summed E-state index contributed by atoms with van der Waals surface area (Å²) in [7, 11) is -3.89. The van der Waals surface area contributed by atoms with E-state index in [0.29, 0.717) is 23.9 Å². The molecule has 0 heterocycles. The van der Waals surface area contributed by atoms with Crippen LogP contribution in [0.25, 0.3) is 0 Å². The number of primary amides is 1. The van der Waals surface area contributed by atoms with Crippen LogP contribution in [0, 0.1) is 0 Å². The lowest BCUT2D eigenvalue weighted by molar-refractivity contribution is 0.1000. The van der Waals surface area contributed by atoms with Gasteiger partial charge < -0.3 is 15.2 Å². The number of nitrogens with two attached hydrogens (primary N) is 1. The van der Waals surface area contributed by atoms with Crippen LogP contribution in [0.5, 0.6) is 17.2 Å². The largest absolute Gasteiger partial charge is 0.494 e. The molecule has 0 saturated heterocycles. The van der Waals surface area contributed by atoms with E-state index in [4.69, 9.17) is 15.2 Å². The molecule has 0 atom stereocenters. The van der Waals surface area contributed by atoms with E-state index in [1.165, 1.54) is 24.3 Å². The van der Waals surface area contributed by atoms with E-state index in [2.05, 4.69) is 4.72 Å². The second-order valence-electron chi connectivity index (χ2n) is 6.00. The summed E-state index contributed by atoms with van der Waals surface area (Å²) in [5.41, 5.74) is 5.69. The van der Waals surface area contributed by atoms with Crippen molar-refractivity contribution < 1.29 is 22.7 Å². The predicted molar refractivity (Wildman–Crippen MR) is 110 cm³/mol. The fraction of sp³-hybridized carbons (Fsp3) is 0.0952. The lowest BCUT2D eigenvalue weighted by atomic mass is 10.2. The number of hydrogen-bond acceptors (Lipinski definition) is 5. The third-order valence-electron chi connectivity index (χ3n) is 3.94. The van der Waals surface area contributed by atoms with Crippen LogP contribution in [0.4, 0.5) is 5.69 Å². The number of ether oxygens (including phenoxy) is 2. The van der Waals surface area contributed by atoms with Crippen molar-refractivity contribution in [3.05, 3.63) is 78.4 Å². The Morgan fingerprint density at radius 3 is 2.17 bits per heavy atom. The Kier molecular flexibility index (Phi) is 6.04. The first-order valence-corrected chi connectivity index (χ1v) is 10.3. The lowest BCUT2D eigenvalue weighted by Gasteiger charge is -2.14. The van der Waals surface area contributed by atoms with Gasteiger partial charge in [-0.2, -0.15) is 0 Å². The summed E-state index contributed by atoms with van der Waals surface area (Å²) in [4.78, 5) is 11.2. The summed E-state index contributed by atoms with van der Waals surface area (Å²) < 4.78 is 39.1. The number of nitrogens with one attached hydrogen (secondary N) is 1. The Morgan fingerprint density at radius 1 is 0.931 bits per heavy atom. The van der Waals surface area contributed by atoms with E-state index in [1.807, 2.05) is 6.92 Å². The minimum atomic E-state index is -3.89. The van der Waals surface area contributed by atoms with Gasteiger partial charge in [-0.3, -0.25) is 9.52 Å². The zero-order valence-corrected chi connectivity index (χ0v) is 16.5. The molecule has 7 nitrogen and oxygen atoms in total. The van der Waals surface area contributed by atoms with Gasteiger partial charge in [0.25, 0.3) is 10.0 Å². The molecule has 150 valence electrons. The maximum atomic E-state index is 12.7. The molecule has 0 radical (unpaired) electrons. The Morgan fingerprint density at radius 2 is 1.55 bits per heavy atom. The third-order valence-corrected chi connectivity index (χ3v) is 5.32. The first-order valence-electron chi connectivity index (χ1n) is 8.81. The summed E-state index contributed by atoms with van der Waals surface area (Å²) in [5, 5.41) is 0. The number of amides is 1. The van der Waals surface area contributed by atoms with Gasteiger partial charge in [-0.1, -0.05) is 12.1 Å². The normalized spacial score (nSPS) is 10.9. The fourth-order valence-corrected chi connectivity index (χ4v) is 3.61. The van der Waals surface area contributed by atoms with Crippen LogP contribution < -0.4 is 19.9 Å². The quantitative estimate of drug-likeness (QED) is 0.585. The van der Waals surface area contributed by atoms with Gasteiger partial charge in [0, 0.05) is 5.56 Å². The maximum absolute atomic E-state index is 12.7. The molecule has 0 saturated carbocycles. The Labute approximate surface area is 169 Å². The number of para-hydroxylation sites is 2. The van der Waals surface area contributed by atoms with Crippen LogP contribution in [-0.2, 0) is 10.0 Å². The van der Waals surface area contributed by atoms with E-state index in [9.17, 15) is 13.2 Å². The summed E-state index contributed by atoms with van der Waals surface area (Å²) >= 11 is 0. The topological polar surface area (TPSA) is 108 Å². The summed E-state index contributed by atoms with van der Waals surface area (Å²) in [6, 6.07) is 19.1. The Bertz CT molecular complexity index is 1090. The number of carbonyl (C=O) groups excluding carboxylic acids is 1. The van der Waals surface area contributed by atoms with Crippen molar-refractivity contribution >= 4 is 21.6 Å². The molecule has 29 heavy (non-hydrogen) atoms. The van der Waals surface area contributed by atoms with Crippen molar-refractivity contribution in [2.24, 2.45) is 5.73 Å². The number of benzene rings is 3. The van der Waals surface area contributed by atoms with Gasteiger partial charge in [0.1, 0.15) is 11.5 Å². The number of anilines is 1. The molecule has 3 aromatic rings. The highest BCUT2D eigenvalue weighted by molar-refractivity contribution is 7.92. The average molecular weight is 412 g/mol. The average Bonchev–Trinajstić information content (AvgIpc) is 2.71. The molecule has 0 spiro atoms. The van der Waals surface area contributed by atoms with Crippen LogP contribution in [0.15, 0.2) is 77.7 Å². The molecule has 0 aliphatic carbocycles. The van der Waals surface area contributed by atoms with Crippen LogP contribution >= 0.6 is 0 Å². The predicted octanol–water partition coefficient (Wildman–Crippen LogP) is 3.78. The second-order valence-corrected chi connectivity index (χ2v) is 7.68. The van der Waals surface area contributed by atoms with E-state index in [1.54, 1.807) is 48.5 Å². The van der Waals surface area contributed by atoms with Gasteiger partial charge in [0.05, 0.1) is 17.2 Å². The first-order chi connectivity index (χ1) is 13.9. The van der Waals surface area contributed by atoms with Crippen molar-refractivity contribution in [1.29, 1.82) is 0 Å². The number of hydrogen-bond donors (Lipinski definition) is 2. The lowest BCUT2D eigenvalue weighted by Crippen LogP contribution is -2.15. The molecule has 0 fully saturated rings. The first kappa shape index (κ1) is 20.2. The molecule has 8 heteroatoms. The number of rotatable bonds is 8. The van der Waals surface area contributed by atoms with Crippen molar-refractivity contribution in [3.8, 4) is 17.2 Å². The van der Waals surface area contributed by atoms with Crippen LogP contribution in [0.3, 0.4) is 0 Å². The summed E-state index contributed by atoms with van der Waals surface area (Å²) in [6.45, 7) is 2.46. The minimum Gasteiger partial charge on any atom is -0.494 e. The molecule has 0 aromatic heterocycles. The van der Waals surface area contributed by atoms with E-state index in [-0.39, 0.29) is 16.1 Å². The Hall–Kier alpha value is -3.52. The third kappa shape index (κ3) is 5.05. The monoisotopic (exact) mass is 412 g/mol. The highest BCUT2D eigenvalue weighted by Crippen LogP contribution is 2.31. The number of sulfonamides is 1. The highest BCUT2D eigenvalue weighted by atomic mass is 32.2. The van der Waals surface area contributed by atoms with Crippen LogP contribution in [0.1, 0.15) is 17.3 Å². The van der Waals surface area contributed by atoms with Gasteiger partial charge in [-0.15, -0.1) is 0 Å². The molecular formula is C21H20N2O5S. The van der Waals surface area contributed by atoms with Gasteiger partial charge in [-0.05, 0) is 67.6 Å². The zero-order chi connectivity index (χ0) is 20.9. The number of carbonyl (C=O) groups is 1. The molecule has 3 N–H and O–H groups in total. The van der Waals surface area contributed by atoms with E-state index >= 15 is 0 Å². The molecule has 1 amide bonds. The molecule has 0 aliphatic heterocycles.